The lowest BCUT2D eigenvalue weighted by Crippen LogP contribution is -2.36. The topological polar surface area (TPSA) is 29.3 Å². The van der Waals surface area contributed by atoms with Gasteiger partial charge in [-0.05, 0) is 25.9 Å². The number of hydrogen-bond acceptors (Lipinski definition) is 2. The lowest BCUT2D eigenvalue weighted by Gasteiger charge is -2.25. The van der Waals surface area contributed by atoms with Crippen LogP contribution in [-0.2, 0) is 0 Å². The zero-order valence-corrected chi connectivity index (χ0v) is 8.52. The Hall–Kier alpha value is -0.0800. The highest BCUT2D eigenvalue weighted by Gasteiger charge is 2.15. The SMILES string of the molecule is CN(C)CC(N)CC(C)(C)C. The van der Waals surface area contributed by atoms with Gasteiger partial charge in [0.25, 0.3) is 0 Å². The van der Waals surface area contributed by atoms with E-state index in [1.54, 1.807) is 0 Å². The van der Waals surface area contributed by atoms with E-state index in [1.165, 1.54) is 0 Å². The highest BCUT2D eigenvalue weighted by atomic mass is 15.1. The molecule has 11 heavy (non-hydrogen) atoms. The van der Waals surface area contributed by atoms with Gasteiger partial charge in [0.1, 0.15) is 0 Å². The van der Waals surface area contributed by atoms with E-state index in [-0.39, 0.29) is 0 Å². The molecular weight excluding hydrogens is 136 g/mol. The third-order valence-corrected chi connectivity index (χ3v) is 1.47. The number of rotatable bonds is 3. The van der Waals surface area contributed by atoms with Gasteiger partial charge in [-0.3, -0.25) is 0 Å². The van der Waals surface area contributed by atoms with E-state index in [2.05, 4.69) is 39.8 Å². The van der Waals surface area contributed by atoms with Crippen molar-refractivity contribution in [3.05, 3.63) is 0 Å². The molecule has 0 saturated carbocycles. The third-order valence-electron chi connectivity index (χ3n) is 1.47. The second-order valence-corrected chi connectivity index (χ2v) is 4.79. The van der Waals surface area contributed by atoms with Crippen LogP contribution in [0.3, 0.4) is 0 Å². The van der Waals surface area contributed by atoms with Crippen molar-refractivity contribution in [2.24, 2.45) is 11.1 Å². The average Bonchev–Trinajstić information content (AvgIpc) is 1.53. The maximum absolute atomic E-state index is 5.92. The fraction of sp³-hybridized carbons (Fsp3) is 1.00. The van der Waals surface area contributed by atoms with Gasteiger partial charge in [-0.25, -0.2) is 0 Å². The number of nitrogens with zero attached hydrogens (tertiary/aromatic N) is 1. The molecule has 0 aromatic rings. The molecule has 0 bridgehead atoms. The average molecular weight is 158 g/mol. The monoisotopic (exact) mass is 158 g/mol. The van der Waals surface area contributed by atoms with Crippen molar-refractivity contribution < 1.29 is 0 Å². The van der Waals surface area contributed by atoms with Crippen LogP contribution >= 0.6 is 0 Å². The van der Waals surface area contributed by atoms with E-state index >= 15 is 0 Å². The Morgan fingerprint density at radius 3 is 2.00 bits per heavy atom. The first kappa shape index (κ1) is 10.9. The van der Waals surface area contributed by atoms with Gasteiger partial charge in [0.15, 0.2) is 0 Å². The molecule has 0 heterocycles. The van der Waals surface area contributed by atoms with Crippen molar-refractivity contribution in [2.75, 3.05) is 20.6 Å². The van der Waals surface area contributed by atoms with Crippen LogP contribution in [0.1, 0.15) is 27.2 Å². The largest absolute Gasteiger partial charge is 0.327 e. The second-order valence-electron chi connectivity index (χ2n) is 4.79. The minimum absolute atomic E-state index is 0.310. The van der Waals surface area contributed by atoms with Gasteiger partial charge in [-0.1, -0.05) is 20.8 Å². The first-order valence-corrected chi connectivity index (χ1v) is 4.21. The first-order chi connectivity index (χ1) is 4.81. The Bertz CT molecular complexity index is 103. The van der Waals surface area contributed by atoms with Gasteiger partial charge in [0.05, 0.1) is 0 Å². The predicted octanol–water partition coefficient (Wildman–Crippen LogP) is 1.31. The summed E-state index contributed by atoms with van der Waals surface area (Å²) in [6.07, 6.45) is 1.09. The Labute approximate surface area is 70.8 Å². The van der Waals surface area contributed by atoms with E-state index in [9.17, 15) is 0 Å². The van der Waals surface area contributed by atoms with Crippen LogP contribution in [0, 0.1) is 5.41 Å². The summed E-state index contributed by atoms with van der Waals surface area (Å²) in [6.45, 7) is 7.66. The summed E-state index contributed by atoms with van der Waals surface area (Å²) in [6, 6.07) is 0.310. The van der Waals surface area contributed by atoms with Crippen LogP contribution in [0.4, 0.5) is 0 Å². The van der Waals surface area contributed by atoms with Crippen LogP contribution in [0.5, 0.6) is 0 Å². The Balaban J connectivity index is 3.61. The molecule has 0 spiro atoms. The molecule has 0 fully saturated rings. The van der Waals surface area contributed by atoms with Crippen LogP contribution < -0.4 is 5.73 Å². The lowest BCUT2D eigenvalue weighted by atomic mass is 9.88. The number of likely N-dealkylation sites (N-methyl/N-ethyl adjacent to an activating group) is 1. The Kier molecular flexibility index (Phi) is 4.04. The standard InChI is InChI=1S/C9H22N2/c1-9(2,3)6-8(10)7-11(4)5/h8H,6-7,10H2,1-5H3. The number of nitrogens with two attached hydrogens (primary N) is 1. The molecule has 0 aliphatic carbocycles. The molecule has 0 radical (unpaired) electrons. The van der Waals surface area contributed by atoms with Gasteiger partial charge in [-0.15, -0.1) is 0 Å². The smallest absolute Gasteiger partial charge is 0.0172 e. The first-order valence-electron chi connectivity index (χ1n) is 4.21. The highest BCUT2D eigenvalue weighted by molar-refractivity contribution is 4.72. The van der Waals surface area contributed by atoms with Crippen LogP contribution in [0.25, 0.3) is 0 Å². The molecule has 0 saturated heterocycles. The van der Waals surface area contributed by atoms with Crippen molar-refractivity contribution in [3.8, 4) is 0 Å². The van der Waals surface area contributed by atoms with Gasteiger partial charge in [0.2, 0.25) is 0 Å². The third kappa shape index (κ3) is 7.82. The summed E-state index contributed by atoms with van der Waals surface area (Å²) in [5, 5.41) is 0. The second kappa shape index (κ2) is 4.07. The number of hydrogen-bond donors (Lipinski definition) is 1. The van der Waals surface area contributed by atoms with Gasteiger partial charge in [0, 0.05) is 12.6 Å². The highest BCUT2D eigenvalue weighted by Crippen LogP contribution is 2.19. The summed E-state index contributed by atoms with van der Waals surface area (Å²) in [7, 11) is 4.12. The fourth-order valence-electron chi connectivity index (χ4n) is 1.32. The van der Waals surface area contributed by atoms with E-state index < -0.39 is 0 Å². The van der Waals surface area contributed by atoms with E-state index in [0.29, 0.717) is 11.5 Å². The minimum Gasteiger partial charge on any atom is -0.327 e. The summed E-state index contributed by atoms with van der Waals surface area (Å²) in [5.41, 5.74) is 6.28. The molecule has 2 heteroatoms. The van der Waals surface area contributed by atoms with E-state index in [4.69, 9.17) is 5.73 Å². The van der Waals surface area contributed by atoms with E-state index in [1.807, 2.05) is 0 Å². The molecule has 0 amide bonds. The Morgan fingerprint density at radius 2 is 1.73 bits per heavy atom. The molecule has 2 nitrogen and oxygen atoms in total. The summed E-state index contributed by atoms with van der Waals surface area (Å²) in [4.78, 5) is 2.14. The zero-order valence-electron chi connectivity index (χ0n) is 8.52. The Morgan fingerprint density at radius 1 is 1.27 bits per heavy atom. The van der Waals surface area contributed by atoms with Crippen LogP contribution in [-0.4, -0.2) is 31.6 Å². The van der Waals surface area contributed by atoms with Crippen molar-refractivity contribution in [3.63, 3.8) is 0 Å². The van der Waals surface area contributed by atoms with Crippen molar-refractivity contribution >= 4 is 0 Å². The lowest BCUT2D eigenvalue weighted by molar-refractivity contribution is 0.288. The summed E-state index contributed by atoms with van der Waals surface area (Å²) >= 11 is 0. The van der Waals surface area contributed by atoms with Gasteiger partial charge < -0.3 is 10.6 Å². The molecule has 1 atom stereocenters. The molecule has 0 aromatic carbocycles. The van der Waals surface area contributed by atoms with Crippen molar-refractivity contribution in [1.82, 2.24) is 4.90 Å². The molecule has 68 valence electrons. The molecule has 1 unspecified atom stereocenters. The molecule has 0 aliphatic heterocycles. The van der Waals surface area contributed by atoms with Crippen molar-refractivity contribution in [2.45, 2.75) is 33.2 Å². The van der Waals surface area contributed by atoms with E-state index in [0.717, 1.165) is 13.0 Å². The quantitative estimate of drug-likeness (QED) is 0.671. The van der Waals surface area contributed by atoms with Crippen LogP contribution in [0.15, 0.2) is 0 Å². The summed E-state index contributed by atoms with van der Waals surface area (Å²) in [5.74, 6) is 0. The van der Waals surface area contributed by atoms with Gasteiger partial charge >= 0.3 is 0 Å². The summed E-state index contributed by atoms with van der Waals surface area (Å²) < 4.78 is 0. The van der Waals surface area contributed by atoms with Crippen LogP contribution in [0.2, 0.25) is 0 Å². The molecule has 2 N–H and O–H groups in total. The van der Waals surface area contributed by atoms with Gasteiger partial charge in [-0.2, -0.15) is 0 Å². The molecular formula is C9H22N2. The molecule has 0 aromatic heterocycles. The molecule has 0 aliphatic rings. The normalized spacial score (nSPS) is 15.5. The fourth-order valence-corrected chi connectivity index (χ4v) is 1.32. The molecule has 0 rings (SSSR count). The maximum atomic E-state index is 5.92. The predicted molar refractivity (Wildman–Crippen MR) is 50.6 cm³/mol. The minimum atomic E-state index is 0.310. The van der Waals surface area contributed by atoms with Crippen molar-refractivity contribution in [1.29, 1.82) is 0 Å². The zero-order chi connectivity index (χ0) is 9.07. The maximum Gasteiger partial charge on any atom is 0.0172 e.